The Morgan fingerprint density at radius 3 is 2.70 bits per heavy atom. The molecule has 0 saturated heterocycles. The Bertz CT molecular complexity index is 717. The van der Waals surface area contributed by atoms with E-state index in [0.29, 0.717) is 23.1 Å². The van der Waals surface area contributed by atoms with Gasteiger partial charge in [0, 0.05) is 18.3 Å². The number of carbonyl (C=O) groups is 1. The minimum atomic E-state index is -0.398. The van der Waals surface area contributed by atoms with Crippen LogP contribution in [0.2, 0.25) is 5.02 Å². The van der Waals surface area contributed by atoms with Crippen LogP contribution in [0, 0.1) is 13.8 Å². The second kappa shape index (κ2) is 7.35. The molecule has 0 aliphatic rings. The summed E-state index contributed by atoms with van der Waals surface area (Å²) in [5, 5.41) is 4.31. The number of nitrogens with one attached hydrogen (secondary N) is 1. The highest BCUT2D eigenvalue weighted by Gasteiger charge is 2.12. The highest BCUT2D eigenvalue weighted by Crippen LogP contribution is 2.28. The van der Waals surface area contributed by atoms with Crippen LogP contribution in [0.15, 0.2) is 36.4 Å². The third-order valence-electron chi connectivity index (χ3n) is 3.43. The number of nitrogens with zero attached hydrogens (tertiary/aromatic N) is 1. The Labute approximate surface area is 141 Å². The number of benzene rings is 2. The molecule has 122 valence electrons. The van der Waals surface area contributed by atoms with Crippen LogP contribution in [-0.4, -0.2) is 18.1 Å². The molecule has 2 amide bonds. The number of hydrazine groups is 1. The molecule has 0 fully saturated rings. The van der Waals surface area contributed by atoms with Gasteiger partial charge >= 0.3 is 6.03 Å². The third kappa shape index (κ3) is 4.37. The molecule has 2 aromatic carbocycles. The fourth-order valence-electron chi connectivity index (χ4n) is 2.09. The Morgan fingerprint density at radius 1 is 1.30 bits per heavy atom. The molecule has 6 heteroatoms. The topological polar surface area (TPSA) is 67.6 Å². The Morgan fingerprint density at radius 2 is 2.04 bits per heavy atom. The van der Waals surface area contributed by atoms with Gasteiger partial charge in [-0.3, -0.25) is 5.01 Å². The summed E-state index contributed by atoms with van der Waals surface area (Å²) in [7, 11) is 1.48. The molecule has 0 bridgehead atoms. The molecule has 3 N–H and O–H groups in total. The number of urea groups is 1. The van der Waals surface area contributed by atoms with E-state index in [1.165, 1.54) is 7.05 Å². The van der Waals surface area contributed by atoms with Gasteiger partial charge in [0.25, 0.3) is 0 Å². The van der Waals surface area contributed by atoms with Gasteiger partial charge in [0.05, 0.1) is 5.02 Å². The van der Waals surface area contributed by atoms with Crippen LogP contribution < -0.4 is 15.9 Å². The van der Waals surface area contributed by atoms with Gasteiger partial charge in [0.1, 0.15) is 12.4 Å². The minimum Gasteiger partial charge on any atom is -0.487 e. The first-order chi connectivity index (χ1) is 10.9. The molecule has 2 rings (SSSR count). The number of carbonyl (C=O) groups excluding carboxylic acids is 1. The number of nitrogens with two attached hydrogens (primary N) is 1. The number of amides is 2. The molecule has 0 aliphatic carbocycles. The normalized spacial score (nSPS) is 10.3. The highest BCUT2D eigenvalue weighted by atomic mass is 35.5. The van der Waals surface area contributed by atoms with Crippen molar-refractivity contribution in [2.24, 2.45) is 5.84 Å². The quantitative estimate of drug-likeness (QED) is 0.507. The Balaban J connectivity index is 2.20. The predicted molar refractivity (Wildman–Crippen MR) is 92.7 cm³/mol. The van der Waals surface area contributed by atoms with E-state index >= 15 is 0 Å². The number of ether oxygens (including phenoxy) is 1. The molecule has 23 heavy (non-hydrogen) atoms. The molecular formula is C17H20ClN3O2. The zero-order valence-corrected chi connectivity index (χ0v) is 14.1. The monoisotopic (exact) mass is 333 g/mol. The zero-order valence-electron chi connectivity index (χ0n) is 13.4. The summed E-state index contributed by atoms with van der Waals surface area (Å²) in [5.74, 6) is 6.05. The first-order valence-electron chi connectivity index (χ1n) is 7.15. The summed E-state index contributed by atoms with van der Waals surface area (Å²) < 4.78 is 5.81. The third-order valence-corrected chi connectivity index (χ3v) is 3.73. The number of hydrogen-bond acceptors (Lipinski definition) is 3. The smallest absolute Gasteiger partial charge is 0.335 e. The maximum Gasteiger partial charge on any atom is 0.335 e. The number of rotatable bonds is 4. The molecule has 5 nitrogen and oxygen atoms in total. The van der Waals surface area contributed by atoms with Gasteiger partial charge in [0.15, 0.2) is 0 Å². The van der Waals surface area contributed by atoms with Crippen LogP contribution in [0.1, 0.15) is 16.7 Å². The lowest BCUT2D eigenvalue weighted by Gasteiger charge is -2.17. The van der Waals surface area contributed by atoms with Crippen molar-refractivity contribution in [3.8, 4) is 5.75 Å². The summed E-state index contributed by atoms with van der Waals surface area (Å²) >= 11 is 6.18. The van der Waals surface area contributed by atoms with Crippen molar-refractivity contribution in [3.05, 3.63) is 58.1 Å². The van der Waals surface area contributed by atoms with Crippen molar-refractivity contribution < 1.29 is 9.53 Å². The summed E-state index contributed by atoms with van der Waals surface area (Å²) in [5.41, 5.74) is 3.61. The van der Waals surface area contributed by atoms with E-state index in [1.54, 1.807) is 0 Å². The molecule has 0 saturated carbocycles. The van der Waals surface area contributed by atoms with E-state index in [0.717, 1.165) is 21.7 Å². The van der Waals surface area contributed by atoms with Gasteiger partial charge < -0.3 is 10.1 Å². The van der Waals surface area contributed by atoms with Crippen LogP contribution in [0.25, 0.3) is 0 Å². The zero-order chi connectivity index (χ0) is 17.0. The highest BCUT2D eigenvalue weighted by molar-refractivity contribution is 6.32. The number of aryl methyl sites for hydroxylation is 2. The maximum atomic E-state index is 11.8. The predicted octanol–water partition coefficient (Wildman–Crippen LogP) is 3.87. The first-order valence-corrected chi connectivity index (χ1v) is 7.53. The molecule has 0 aromatic heterocycles. The van der Waals surface area contributed by atoms with Gasteiger partial charge in [-0.1, -0.05) is 29.8 Å². The van der Waals surface area contributed by atoms with Crippen molar-refractivity contribution in [1.29, 1.82) is 0 Å². The van der Waals surface area contributed by atoms with Crippen molar-refractivity contribution in [1.82, 2.24) is 5.01 Å². The van der Waals surface area contributed by atoms with E-state index in [-0.39, 0.29) is 0 Å². The summed E-state index contributed by atoms with van der Waals surface area (Å²) in [6, 6.07) is 10.9. The molecule has 0 spiro atoms. The molecule has 0 heterocycles. The molecule has 0 atom stereocenters. The summed E-state index contributed by atoms with van der Waals surface area (Å²) in [6.45, 7) is 4.21. The first kappa shape index (κ1) is 17.1. The van der Waals surface area contributed by atoms with E-state index in [9.17, 15) is 4.79 Å². The van der Waals surface area contributed by atoms with Gasteiger partial charge in [-0.05, 0) is 43.2 Å². The van der Waals surface area contributed by atoms with E-state index in [2.05, 4.69) is 5.32 Å². The van der Waals surface area contributed by atoms with E-state index < -0.39 is 6.03 Å². The standard InChI is InChI=1S/C17H20ClN3O2/c1-11-7-8-16(14(18)9-11)23-10-13-12(2)5-4-6-15(13)20-17(22)21(3)19/h4-9H,10,19H2,1-3H3,(H,20,22). The van der Waals surface area contributed by atoms with Crippen molar-refractivity contribution in [2.45, 2.75) is 20.5 Å². The van der Waals surface area contributed by atoms with Gasteiger partial charge in [-0.15, -0.1) is 0 Å². The fraction of sp³-hybridized carbons (Fsp3) is 0.235. The van der Waals surface area contributed by atoms with Gasteiger partial charge in [-0.2, -0.15) is 0 Å². The van der Waals surface area contributed by atoms with Gasteiger partial charge in [0.2, 0.25) is 0 Å². The molecule has 2 aromatic rings. The second-order valence-corrected chi connectivity index (χ2v) is 5.77. The molecule has 0 aliphatic heterocycles. The number of halogens is 1. The number of anilines is 1. The second-order valence-electron chi connectivity index (χ2n) is 5.36. The van der Waals surface area contributed by atoms with Crippen molar-refractivity contribution >= 4 is 23.3 Å². The average Bonchev–Trinajstić information content (AvgIpc) is 2.48. The largest absolute Gasteiger partial charge is 0.487 e. The van der Waals surface area contributed by atoms with Gasteiger partial charge in [-0.25, -0.2) is 10.6 Å². The van der Waals surface area contributed by atoms with E-state index in [4.69, 9.17) is 22.2 Å². The van der Waals surface area contributed by atoms with Crippen molar-refractivity contribution in [3.63, 3.8) is 0 Å². The van der Waals surface area contributed by atoms with Crippen molar-refractivity contribution in [2.75, 3.05) is 12.4 Å². The molecular weight excluding hydrogens is 314 g/mol. The Kier molecular flexibility index (Phi) is 5.47. The molecule has 0 radical (unpaired) electrons. The van der Waals surface area contributed by atoms with Crippen LogP contribution in [0.3, 0.4) is 0 Å². The van der Waals surface area contributed by atoms with Crippen LogP contribution in [0.5, 0.6) is 5.75 Å². The SMILES string of the molecule is Cc1ccc(OCc2c(C)cccc2NC(=O)N(C)N)c(Cl)c1. The fourth-order valence-corrected chi connectivity index (χ4v) is 2.38. The maximum absolute atomic E-state index is 11.8. The lowest BCUT2D eigenvalue weighted by molar-refractivity contribution is 0.223. The summed E-state index contributed by atoms with van der Waals surface area (Å²) in [4.78, 5) is 11.8. The van der Waals surface area contributed by atoms with Crippen LogP contribution >= 0.6 is 11.6 Å². The average molecular weight is 334 g/mol. The summed E-state index contributed by atoms with van der Waals surface area (Å²) in [6.07, 6.45) is 0. The number of hydrogen-bond donors (Lipinski definition) is 2. The lowest BCUT2D eigenvalue weighted by atomic mass is 10.1. The van der Waals surface area contributed by atoms with Crippen LogP contribution in [0.4, 0.5) is 10.5 Å². The van der Waals surface area contributed by atoms with E-state index in [1.807, 2.05) is 50.2 Å². The van der Waals surface area contributed by atoms with Crippen LogP contribution in [-0.2, 0) is 6.61 Å². The lowest BCUT2D eigenvalue weighted by Crippen LogP contribution is -2.37. The minimum absolute atomic E-state index is 0.291. The molecule has 0 unspecified atom stereocenters. The Hall–Kier alpha value is -2.24.